The first-order valence-electron chi connectivity index (χ1n) is 3.84. The molecule has 0 aliphatic rings. The van der Waals surface area contributed by atoms with E-state index >= 15 is 0 Å². The molecule has 1 rings (SSSR count). The number of hydroxylamine groups is 1. The highest BCUT2D eigenvalue weighted by Crippen LogP contribution is 2.18. The molecular weight excluding hydrogens is 186 g/mol. The minimum atomic E-state index is -0.822. The quantitative estimate of drug-likeness (QED) is 0.368. The highest BCUT2D eigenvalue weighted by Gasteiger charge is 2.11. The monoisotopic (exact) mass is 195 g/mol. The topological polar surface area (TPSA) is 86.6 Å². The first-order chi connectivity index (χ1) is 6.56. The average Bonchev–Trinajstić information content (AvgIpc) is 2.16. The zero-order chi connectivity index (χ0) is 10.7. The molecule has 1 aromatic carbocycles. The molecule has 0 saturated carbocycles. The van der Waals surface area contributed by atoms with Crippen molar-refractivity contribution in [1.29, 1.82) is 0 Å². The number of aromatic hydroxyl groups is 1. The maximum absolute atomic E-state index is 10.9. The largest absolute Gasteiger partial charge is 0.507 e. The van der Waals surface area contributed by atoms with Crippen LogP contribution < -0.4 is 5.48 Å². The van der Waals surface area contributed by atoms with Crippen LogP contribution in [0, 0.1) is 0 Å². The van der Waals surface area contributed by atoms with Crippen LogP contribution in [0.5, 0.6) is 5.75 Å². The van der Waals surface area contributed by atoms with E-state index in [9.17, 15) is 14.7 Å². The van der Waals surface area contributed by atoms with Gasteiger partial charge in [0.05, 0.1) is 5.56 Å². The van der Waals surface area contributed by atoms with E-state index in [2.05, 4.69) is 0 Å². The first-order valence-corrected chi connectivity index (χ1v) is 3.84. The van der Waals surface area contributed by atoms with E-state index in [0.29, 0.717) is 5.56 Å². The number of amides is 1. The maximum atomic E-state index is 10.9. The molecule has 3 N–H and O–H groups in total. The zero-order valence-corrected chi connectivity index (χ0v) is 7.44. The molecular formula is C9H9NO4. The summed E-state index contributed by atoms with van der Waals surface area (Å²) in [6, 6.07) is 3.83. The number of rotatable bonds is 2. The molecule has 74 valence electrons. The highest BCUT2D eigenvalue weighted by atomic mass is 16.5. The first kappa shape index (κ1) is 10.2. The Hall–Kier alpha value is -1.88. The van der Waals surface area contributed by atoms with Gasteiger partial charge in [-0.1, -0.05) is 6.07 Å². The predicted octanol–water partition coefficient (Wildman–Crippen LogP) is 0.714. The standard InChI is InChI=1S/C9H9NO4/c1-5(11)6-2-3-7(8(12)4-6)9(13)10-14/h2-4,12,14H,1H3,(H,10,13). The summed E-state index contributed by atoms with van der Waals surface area (Å²) in [5, 5.41) is 17.6. The number of nitrogens with one attached hydrogen (secondary N) is 1. The maximum Gasteiger partial charge on any atom is 0.278 e. The predicted molar refractivity (Wildman–Crippen MR) is 47.4 cm³/mol. The van der Waals surface area contributed by atoms with Crippen LogP contribution in [-0.2, 0) is 0 Å². The van der Waals surface area contributed by atoms with Crippen LogP contribution in [-0.4, -0.2) is 22.0 Å². The molecule has 0 radical (unpaired) electrons. The molecule has 0 fully saturated rings. The Bertz CT molecular complexity index is 386. The molecule has 14 heavy (non-hydrogen) atoms. The van der Waals surface area contributed by atoms with Gasteiger partial charge in [0.1, 0.15) is 5.75 Å². The number of hydrogen-bond donors (Lipinski definition) is 3. The number of carbonyl (C=O) groups excluding carboxylic acids is 2. The van der Waals surface area contributed by atoms with Crippen molar-refractivity contribution in [2.45, 2.75) is 6.92 Å². The van der Waals surface area contributed by atoms with Gasteiger partial charge in [-0.25, -0.2) is 5.48 Å². The van der Waals surface area contributed by atoms with Crippen molar-refractivity contribution in [3.63, 3.8) is 0 Å². The van der Waals surface area contributed by atoms with Crippen molar-refractivity contribution in [2.75, 3.05) is 0 Å². The highest BCUT2D eigenvalue weighted by molar-refractivity contribution is 5.99. The van der Waals surface area contributed by atoms with E-state index in [4.69, 9.17) is 5.21 Å². The summed E-state index contributed by atoms with van der Waals surface area (Å²) in [6.45, 7) is 1.35. The summed E-state index contributed by atoms with van der Waals surface area (Å²) < 4.78 is 0. The normalized spacial score (nSPS) is 9.57. The Morgan fingerprint density at radius 3 is 2.43 bits per heavy atom. The van der Waals surface area contributed by atoms with Crippen molar-refractivity contribution in [3.05, 3.63) is 29.3 Å². The van der Waals surface area contributed by atoms with E-state index in [-0.39, 0.29) is 17.1 Å². The smallest absolute Gasteiger partial charge is 0.278 e. The van der Waals surface area contributed by atoms with Gasteiger partial charge in [0.2, 0.25) is 0 Å². The van der Waals surface area contributed by atoms with E-state index in [1.54, 1.807) is 0 Å². The van der Waals surface area contributed by atoms with Crippen LogP contribution >= 0.6 is 0 Å². The van der Waals surface area contributed by atoms with Crippen molar-refractivity contribution in [1.82, 2.24) is 5.48 Å². The second kappa shape index (κ2) is 3.89. The molecule has 0 saturated heterocycles. The fraction of sp³-hybridized carbons (Fsp3) is 0.111. The lowest BCUT2D eigenvalue weighted by Crippen LogP contribution is -2.18. The lowest BCUT2D eigenvalue weighted by atomic mass is 10.1. The van der Waals surface area contributed by atoms with Gasteiger partial charge in [-0.05, 0) is 19.1 Å². The number of phenols is 1. The van der Waals surface area contributed by atoms with Gasteiger partial charge in [-0.15, -0.1) is 0 Å². The Kier molecular flexibility index (Phi) is 2.83. The fourth-order valence-electron chi connectivity index (χ4n) is 1.00. The molecule has 1 amide bonds. The minimum Gasteiger partial charge on any atom is -0.507 e. The lowest BCUT2D eigenvalue weighted by Gasteiger charge is -2.03. The summed E-state index contributed by atoms with van der Waals surface area (Å²) in [6.07, 6.45) is 0. The Balaban J connectivity index is 3.14. The van der Waals surface area contributed by atoms with Gasteiger partial charge in [0.15, 0.2) is 5.78 Å². The van der Waals surface area contributed by atoms with Gasteiger partial charge >= 0.3 is 0 Å². The Morgan fingerprint density at radius 2 is 2.00 bits per heavy atom. The fourth-order valence-corrected chi connectivity index (χ4v) is 1.00. The van der Waals surface area contributed by atoms with Crippen LogP contribution in [0.1, 0.15) is 27.6 Å². The Morgan fingerprint density at radius 1 is 1.36 bits per heavy atom. The molecule has 0 heterocycles. The third-order valence-electron chi connectivity index (χ3n) is 1.75. The van der Waals surface area contributed by atoms with Crippen molar-refractivity contribution in [2.24, 2.45) is 0 Å². The third-order valence-corrected chi connectivity index (χ3v) is 1.75. The third kappa shape index (κ3) is 1.89. The number of Topliss-reactive ketones (excluding diaryl/α,β-unsaturated/α-hetero) is 1. The number of ketones is 1. The summed E-state index contributed by atoms with van der Waals surface area (Å²) >= 11 is 0. The minimum absolute atomic E-state index is 0.0856. The number of benzene rings is 1. The number of phenolic OH excluding ortho intramolecular Hbond substituents is 1. The van der Waals surface area contributed by atoms with Crippen LogP contribution in [0.2, 0.25) is 0 Å². The molecule has 5 nitrogen and oxygen atoms in total. The van der Waals surface area contributed by atoms with E-state index in [1.165, 1.54) is 30.6 Å². The molecule has 0 spiro atoms. The Labute approximate surface area is 79.9 Å². The molecule has 0 aliphatic carbocycles. The van der Waals surface area contributed by atoms with Crippen LogP contribution in [0.25, 0.3) is 0 Å². The van der Waals surface area contributed by atoms with E-state index < -0.39 is 5.91 Å². The van der Waals surface area contributed by atoms with Gasteiger partial charge < -0.3 is 5.11 Å². The molecule has 5 heteroatoms. The average molecular weight is 195 g/mol. The van der Waals surface area contributed by atoms with E-state index in [0.717, 1.165) is 0 Å². The molecule has 0 atom stereocenters. The number of carbonyl (C=O) groups is 2. The van der Waals surface area contributed by atoms with Gasteiger partial charge in [0.25, 0.3) is 5.91 Å². The van der Waals surface area contributed by atoms with Gasteiger partial charge in [-0.3, -0.25) is 14.8 Å². The summed E-state index contributed by atoms with van der Waals surface area (Å²) in [4.78, 5) is 21.8. The number of hydrogen-bond acceptors (Lipinski definition) is 4. The molecule has 1 aromatic rings. The molecule has 0 aromatic heterocycles. The van der Waals surface area contributed by atoms with Gasteiger partial charge in [-0.2, -0.15) is 0 Å². The van der Waals surface area contributed by atoms with Crippen LogP contribution in [0.4, 0.5) is 0 Å². The van der Waals surface area contributed by atoms with Gasteiger partial charge in [0, 0.05) is 5.56 Å². The summed E-state index contributed by atoms with van der Waals surface area (Å²) in [7, 11) is 0. The van der Waals surface area contributed by atoms with E-state index in [1.807, 2.05) is 0 Å². The summed E-state index contributed by atoms with van der Waals surface area (Å²) in [5.74, 6) is -1.38. The second-order valence-electron chi connectivity index (χ2n) is 2.73. The lowest BCUT2D eigenvalue weighted by molar-refractivity contribution is 0.0703. The SMILES string of the molecule is CC(=O)c1ccc(C(=O)NO)c(O)c1. The second-order valence-corrected chi connectivity index (χ2v) is 2.73. The zero-order valence-electron chi connectivity index (χ0n) is 7.44. The van der Waals surface area contributed by atoms with Crippen LogP contribution in [0.15, 0.2) is 18.2 Å². The summed E-state index contributed by atoms with van der Waals surface area (Å²) in [5.41, 5.74) is 1.60. The van der Waals surface area contributed by atoms with Crippen molar-refractivity contribution in [3.8, 4) is 5.75 Å². The van der Waals surface area contributed by atoms with Crippen LogP contribution in [0.3, 0.4) is 0 Å². The molecule has 0 aliphatic heterocycles. The molecule has 0 bridgehead atoms. The van der Waals surface area contributed by atoms with Crippen molar-refractivity contribution < 1.29 is 19.9 Å². The van der Waals surface area contributed by atoms with Crippen molar-refractivity contribution >= 4 is 11.7 Å². The molecule has 0 unspecified atom stereocenters.